The van der Waals surface area contributed by atoms with Crippen LogP contribution in [0.3, 0.4) is 0 Å². The summed E-state index contributed by atoms with van der Waals surface area (Å²) in [5.74, 6) is 0.617. The molecule has 1 atom stereocenters. The van der Waals surface area contributed by atoms with E-state index in [2.05, 4.69) is 26.1 Å². The van der Waals surface area contributed by atoms with Gasteiger partial charge in [0.1, 0.15) is 0 Å². The van der Waals surface area contributed by atoms with Gasteiger partial charge in [0.15, 0.2) is 0 Å². The zero-order chi connectivity index (χ0) is 19.1. The Morgan fingerprint density at radius 2 is 1.88 bits per heavy atom. The highest BCUT2D eigenvalue weighted by molar-refractivity contribution is 6.08. The van der Waals surface area contributed by atoms with Crippen molar-refractivity contribution in [3.63, 3.8) is 0 Å². The molecule has 0 bridgehead atoms. The fourth-order valence-electron chi connectivity index (χ4n) is 4.01. The lowest BCUT2D eigenvalue weighted by atomic mass is 9.68. The number of benzene rings is 1. The molecule has 1 aliphatic rings. The quantitative estimate of drug-likeness (QED) is 0.814. The van der Waals surface area contributed by atoms with E-state index >= 15 is 0 Å². The van der Waals surface area contributed by atoms with Gasteiger partial charge in [0.2, 0.25) is 0 Å². The number of aryl methyl sites for hydroxylation is 1. The fourth-order valence-corrected chi connectivity index (χ4v) is 4.01. The van der Waals surface area contributed by atoms with E-state index in [0.29, 0.717) is 5.92 Å². The normalized spacial score (nSPS) is 17.8. The standard InChI is InChI=1S/C23H32N2O/c1-7-23(5,6)15-12-13-19-17(14-15)20(21(26)25-22(2,3)4)16-10-8-9-11-18(16)24-19/h8-11,15H,7,12-14H2,1-6H3,(H,25,26)/t15-/m1/s1. The molecule has 1 heterocycles. The van der Waals surface area contributed by atoms with Crippen molar-refractivity contribution in [2.75, 3.05) is 0 Å². The third-order valence-corrected chi connectivity index (χ3v) is 5.99. The summed E-state index contributed by atoms with van der Waals surface area (Å²) in [6.45, 7) is 13.1. The van der Waals surface area contributed by atoms with Crippen LogP contribution in [-0.2, 0) is 12.8 Å². The lowest BCUT2D eigenvalue weighted by Gasteiger charge is -2.37. The van der Waals surface area contributed by atoms with Gasteiger partial charge in [0.05, 0.1) is 11.1 Å². The maximum Gasteiger partial charge on any atom is 0.252 e. The van der Waals surface area contributed by atoms with E-state index < -0.39 is 0 Å². The number of carbonyl (C=O) groups is 1. The average molecular weight is 353 g/mol. The van der Waals surface area contributed by atoms with E-state index in [-0.39, 0.29) is 16.9 Å². The maximum absolute atomic E-state index is 13.2. The molecule has 0 unspecified atom stereocenters. The minimum atomic E-state index is -0.259. The summed E-state index contributed by atoms with van der Waals surface area (Å²) in [5.41, 5.74) is 4.08. The molecular weight excluding hydrogens is 320 g/mol. The van der Waals surface area contributed by atoms with Crippen LogP contribution in [0.4, 0.5) is 0 Å². The van der Waals surface area contributed by atoms with Crippen molar-refractivity contribution in [1.29, 1.82) is 0 Å². The van der Waals surface area contributed by atoms with E-state index in [1.54, 1.807) is 0 Å². The third-order valence-electron chi connectivity index (χ3n) is 5.99. The fraction of sp³-hybridized carbons (Fsp3) is 0.565. The highest BCUT2D eigenvalue weighted by Crippen LogP contribution is 2.41. The second-order valence-corrected chi connectivity index (χ2v) is 9.42. The lowest BCUT2D eigenvalue weighted by Crippen LogP contribution is -2.41. The molecule has 0 radical (unpaired) electrons. The van der Waals surface area contributed by atoms with Crippen molar-refractivity contribution in [3.05, 3.63) is 41.1 Å². The van der Waals surface area contributed by atoms with E-state index in [0.717, 1.165) is 47.8 Å². The third kappa shape index (κ3) is 3.62. The molecule has 3 heteroatoms. The number of aromatic nitrogens is 1. The van der Waals surface area contributed by atoms with E-state index in [9.17, 15) is 4.79 Å². The Morgan fingerprint density at radius 3 is 2.54 bits per heavy atom. The predicted octanol–water partition coefficient (Wildman–Crippen LogP) is 5.30. The van der Waals surface area contributed by atoms with Crippen LogP contribution in [0.2, 0.25) is 0 Å². The van der Waals surface area contributed by atoms with Crippen LogP contribution in [0.15, 0.2) is 24.3 Å². The van der Waals surface area contributed by atoms with Crippen LogP contribution in [0.25, 0.3) is 10.9 Å². The number of nitrogens with one attached hydrogen (secondary N) is 1. The number of amides is 1. The van der Waals surface area contributed by atoms with Crippen LogP contribution in [-0.4, -0.2) is 16.4 Å². The SMILES string of the molecule is CCC(C)(C)[C@@H]1CCc2nc3ccccc3c(C(=O)NC(C)(C)C)c2C1. The van der Waals surface area contributed by atoms with Gasteiger partial charge in [0.25, 0.3) is 5.91 Å². The molecule has 1 aromatic carbocycles. The molecule has 1 amide bonds. The number of para-hydroxylation sites is 1. The monoisotopic (exact) mass is 352 g/mol. The van der Waals surface area contributed by atoms with Gasteiger partial charge in [-0.1, -0.05) is 45.4 Å². The van der Waals surface area contributed by atoms with Crippen molar-refractivity contribution < 1.29 is 4.79 Å². The maximum atomic E-state index is 13.2. The molecule has 26 heavy (non-hydrogen) atoms. The molecular formula is C23H32N2O. The van der Waals surface area contributed by atoms with Gasteiger partial charge in [-0.05, 0) is 63.0 Å². The second kappa shape index (κ2) is 6.68. The molecule has 0 saturated carbocycles. The van der Waals surface area contributed by atoms with Crippen molar-refractivity contribution in [3.8, 4) is 0 Å². The van der Waals surface area contributed by atoms with Crippen molar-refractivity contribution in [2.45, 2.75) is 72.8 Å². The zero-order valence-electron chi connectivity index (χ0n) is 17.1. The minimum absolute atomic E-state index is 0.0299. The topological polar surface area (TPSA) is 42.0 Å². The Labute approximate surface area is 157 Å². The van der Waals surface area contributed by atoms with Gasteiger partial charge in [0, 0.05) is 16.6 Å². The van der Waals surface area contributed by atoms with Gasteiger partial charge in [-0.15, -0.1) is 0 Å². The summed E-state index contributed by atoms with van der Waals surface area (Å²) < 4.78 is 0. The van der Waals surface area contributed by atoms with Gasteiger partial charge in [-0.2, -0.15) is 0 Å². The summed E-state index contributed by atoms with van der Waals surface area (Å²) in [4.78, 5) is 18.2. The Kier molecular flexibility index (Phi) is 4.85. The Morgan fingerprint density at radius 1 is 1.19 bits per heavy atom. The van der Waals surface area contributed by atoms with Crippen LogP contribution in [0, 0.1) is 11.3 Å². The number of pyridine rings is 1. The molecule has 140 valence electrons. The first kappa shape index (κ1) is 18.9. The highest BCUT2D eigenvalue weighted by Gasteiger charge is 2.34. The first-order valence-corrected chi connectivity index (χ1v) is 9.85. The Balaban J connectivity index is 2.15. The predicted molar refractivity (Wildman–Crippen MR) is 109 cm³/mol. The molecule has 0 fully saturated rings. The summed E-state index contributed by atoms with van der Waals surface area (Å²) in [7, 11) is 0. The van der Waals surface area contributed by atoms with Crippen molar-refractivity contribution in [1.82, 2.24) is 10.3 Å². The van der Waals surface area contributed by atoms with E-state index in [1.807, 2.05) is 45.0 Å². The summed E-state index contributed by atoms with van der Waals surface area (Å²) in [5, 5.41) is 4.15. The Hall–Kier alpha value is -1.90. The molecule has 1 aliphatic carbocycles. The van der Waals surface area contributed by atoms with Gasteiger partial charge in [-0.25, -0.2) is 0 Å². The molecule has 3 rings (SSSR count). The molecule has 1 N–H and O–H groups in total. The number of hydrogen-bond donors (Lipinski definition) is 1. The van der Waals surface area contributed by atoms with Crippen LogP contribution >= 0.6 is 0 Å². The molecule has 3 nitrogen and oxygen atoms in total. The van der Waals surface area contributed by atoms with Gasteiger partial charge in [-0.3, -0.25) is 9.78 Å². The zero-order valence-corrected chi connectivity index (χ0v) is 17.1. The first-order valence-electron chi connectivity index (χ1n) is 9.85. The van der Waals surface area contributed by atoms with Crippen molar-refractivity contribution in [2.24, 2.45) is 11.3 Å². The number of carbonyl (C=O) groups excluding carboxylic acids is 1. The number of rotatable bonds is 3. The van der Waals surface area contributed by atoms with Crippen LogP contribution < -0.4 is 5.32 Å². The van der Waals surface area contributed by atoms with Crippen LogP contribution in [0.1, 0.15) is 76.0 Å². The molecule has 0 saturated heterocycles. The van der Waals surface area contributed by atoms with Crippen molar-refractivity contribution >= 4 is 16.8 Å². The Bertz CT molecular complexity index is 830. The molecule has 2 aromatic rings. The number of nitrogens with zero attached hydrogens (tertiary/aromatic N) is 1. The molecule has 0 spiro atoms. The van der Waals surface area contributed by atoms with E-state index in [1.165, 1.54) is 5.56 Å². The largest absolute Gasteiger partial charge is 0.347 e. The molecule has 0 aliphatic heterocycles. The minimum Gasteiger partial charge on any atom is -0.347 e. The first-order chi connectivity index (χ1) is 12.1. The highest BCUT2D eigenvalue weighted by atomic mass is 16.1. The smallest absolute Gasteiger partial charge is 0.252 e. The lowest BCUT2D eigenvalue weighted by molar-refractivity contribution is 0.0918. The van der Waals surface area contributed by atoms with Gasteiger partial charge < -0.3 is 5.32 Å². The summed E-state index contributed by atoms with van der Waals surface area (Å²) in [6, 6.07) is 8.06. The van der Waals surface area contributed by atoms with E-state index in [4.69, 9.17) is 4.98 Å². The van der Waals surface area contributed by atoms with Gasteiger partial charge >= 0.3 is 0 Å². The number of hydrogen-bond acceptors (Lipinski definition) is 2. The summed E-state index contributed by atoms with van der Waals surface area (Å²) in [6.07, 6.45) is 4.21. The van der Waals surface area contributed by atoms with Crippen LogP contribution in [0.5, 0.6) is 0 Å². The second-order valence-electron chi connectivity index (χ2n) is 9.42. The summed E-state index contributed by atoms with van der Waals surface area (Å²) >= 11 is 0. The number of fused-ring (bicyclic) bond motifs is 2. The average Bonchev–Trinajstić information content (AvgIpc) is 2.57. The molecule has 1 aromatic heterocycles.